The topological polar surface area (TPSA) is 73.7 Å². The fourth-order valence-electron chi connectivity index (χ4n) is 4.68. The Balaban J connectivity index is 1.55. The molecule has 6 nitrogen and oxygen atoms in total. The Morgan fingerprint density at radius 1 is 1.14 bits per heavy atom. The summed E-state index contributed by atoms with van der Waals surface area (Å²) in [5.41, 5.74) is 2.22. The molecule has 1 aromatic rings. The maximum Gasteiger partial charge on any atom is 0.342 e. The van der Waals surface area contributed by atoms with Gasteiger partial charge in [-0.25, -0.2) is 4.79 Å². The van der Waals surface area contributed by atoms with Crippen LogP contribution in [0.1, 0.15) is 51.5 Å². The number of epoxide rings is 2. The Morgan fingerprint density at radius 3 is 2.38 bits per heavy atom. The van der Waals surface area contributed by atoms with Crippen LogP contribution in [0.4, 0.5) is 0 Å². The Morgan fingerprint density at radius 2 is 1.83 bits per heavy atom. The van der Waals surface area contributed by atoms with E-state index in [1.54, 1.807) is 14.0 Å². The average Bonchev–Trinajstić information content (AvgIpc) is 3.51. The van der Waals surface area contributed by atoms with Crippen LogP contribution in [0.2, 0.25) is 0 Å². The molecule has 29 heavy (non-hydrogen) atoms. The van der Waals surface area contributed by atoms with Gasteiger partial charge in [-0.3, -0.25) is 0 Å². The van der Waals surface area contributed by atoms with Gasteiger partial charge in [0.1, 0.15) is 35.4 Å². The Labute approximate surface area is 171 Å². The molecular formula is C23H30O6. The van der Waals surface area contributed by atoms with E-state index in [2.05, 4.69) is 32.9 Å². The first-order valence-electron chi connectivity index (χ1n) is 10.1. The third kappa shape index (κ3) is 3.09. The van der Waals surface area contributed by atoms with Crippen LogP contribution in [0.5, 0.6) is 5.75 Å². The highest BCUT2D eigenvalue weighted by Crippen LogP contribution is 2.52. The van der Waals surface area contributed by atoms with Gasteiger partial charge in [0.05, 0.1) is 18.8 Å². The van der Waals surface area contributed by atoms with Crippen LogP contribution < -0.4 is 10.4 Å². The molecule has 158 valence electrons. The summed E-state index contributed by atoms with van der Waals surface area (Å²) in [4.78, 5) is 12.2. The quantitative estimate of drug-likeness (QED) is 0.552. The molecule has 0 aliphatic carbocycles. The smallest absolute Gasteiger partial charge is 0.342 e. The molecule has 6 heteroatoms. The Hall–Kier alpha value is -1.89. The van der Waals surface area contributed by atoms with Gasteiger partial charge < -0.3 is 23.4 Å². The van der Waals surface area contributed by atoms with E-state index in [9.17, 15) is 4.79 Å². The highest BCUT2D eigenvalue weighted by atomic mass is 16.7. The Kier molecular flexibility index (Phi) is 4.61. The molecule has 0 N–H and O–H groups in total. The van der Waals surface area contributed by atoms with Crippen LogP contribution in [0, 0.1) is 13.8 Å². The molecule has 3 fully saturated rings. The third-order valence-electron chi connectivity index (χ3n) is 6.63. The van der Waals surface area contributed by atoms with Crippen molar-refractivity contribution < 1.29 is 23.4 Å². The minimum atomic E-state index is -0.679. The van der Waals surface area contributed by atoms with E-state index in [1.165, 1.54) is 0 Å². The van der Waals surface area contributed by atoms with Crippen molar-refractivity contribution in [3.8, 4) is 5.75 Å². The molecule has 0 bridgehead atoms. The van der Waals surface area contributed by atoms with Crippen LogP contribution in [-0.2, 0) is 19.8 Å². The Bertz CT molecular complexity index is 972. The molecule has 3 aliphatic heterocycles. The summed E-state index contributed by atoms with van der Waals surface area (Å²) in [6.45, 7) is 13.8. The average molecular weight is 402 g/mol. The van der Waals surface area contributed by atoms with E-state index in [-0.39, 0.29) is 30.0 Å². The molecule has 1 unspecified atom stereocenters. The van der Waals surface area contributed by atoms with Gasteiger partial charge >= 0.3 is 5.63 Å². The molecule has 0 spiro atoms. The van der Waals surface area contributed by atoms with E-state index in [4.69, 9.17) is 23.4 Å². The lowest BCUT2D eigenvalue weighted by Crippen LogP contribution is -2.21. The normalized spacial score (nSPS) is 38.8. The van der Waals surface area contributed by atoms with Crippen molar-refractivity contribution in [1.29, 1.82) is 0 Å². The van der Waals surface area contributed by atoms with Gasteiger partial charge in [-0.2, -0.15) is 0 Å². The first-order chi connectivity index (χ1) is 13.5. The van der Waals surface area contributed by atoms with Gasteiger partial charge in [-0.1, -0.05) is 17.7 Å². The number of fused-ring (bicyclic) bond motifs is 1. The maximum atomic E-state index is 12.2. The van der Waals surface area contributed by atoms with Crippen molar-refractivity contribution in [1.82, 2.24) is 0 Å². The zero-order chi connectivity index (χ0) is 21.3. The van der Waals surface area contributed by atoms with Crippen molar-refractivity contribution in [2.45, 2.75) is 84.1 Å². The van der Waals surface area contributed by atoms with Gasteiger partial charge in [-0.15, -0.1) is 0 Å². The number of methoxy groups -OCH3 is 1. The lowest BCUT2D eigenvalue weighted by atomic mass is 9.94. The highest BCUT2D eigenvalue weighted by Gasteiger charge is 2.66. The lowest BCUT2D eigenvalue weighted by molar-refractivity contribution is -0.0184. The van der Waals surface area contributed by atoms with Crippen LogP contribution >= 0.6 is 0 Å². The van der Waals surface area contributed by atoms with Gasteiger partial charge in [-0.05, 0) is 54.0 Å². The van der Waals surface area contributed by atoms with Gasteiger partial charge in [0.25, 0.3) is 0 Å². The van der Waals surface area contributed by atoms with Crippen LogP contribution in [-0.4, -0.2) is 37.1 Å². The fourth-order valence-corrected chi connectivity index (χ4v) is 4.68. The lowest BCUT2D eigenvalue weighted by Gasteiger charge is -2.14. The largest absolute Gasteiger partial charge is 0.496 e. The SMILES string of the molecule is COc1c(C)c([C@]2(C)O[C@H]2/C(C)=C/C(C)=C/[C@@H]2O[C@H](C)[C@@]3(C)OC23)oc(=O)c1C. The van der Waals surface area contributed by atoms with E-state index in [0.717, 1.165) is 16.7 Å². The number of hydrogen-bond donors (Lipinski definition) is 0. The predicted molar refractivity (Wildman–Crippen MR) is 108 cm³/mol. The van der Waals surface area contributed by atoms with E-state index in [0.29, 0.717) is 17.1 Å². The van der Waals surface area contributed by atoms with E-state index >= 15 is 0 Å². The molecule has 0 amide bonds. The van der Waals surface area contributed by atoms with Crippen molar-refractivity contribution in [3.63, 3.8) is 0 Å². The first kappa shape index (κ1) is 20.4. The predicted octanol–water partition coefficient (Wildman–Crippen LogP) is 3.72. The summed E-state index contributed by atoms with van der Waals surface area (Å²) < 4.78 is 28.9. The third-order valence-corrected chi connectivity index (χ3v) is 6.63. The summed E-state index contributed by atoms with van der Waals surface area (Å²) in [6, 6.07) is 0. The maximum absolute atomic E-state index is 12.2. The molecule has 0 saturated carbocycles. The molecule has 3 aliphatic rings. The zero-order valence-corrected chi connectivity index (χ0v) is 18.4. The van der Waals surface area contributed by atoms with Crippen LogP contribution in [0.25, 0.3) is 0 Å². The second-order valence-corrected chi connectivity index (χ2v) is 8.87. The van der Waals surface area contributed by atoms with Crippen molar-refractivity contribution in [2.75, 3.05) is 7.11 Å². The standard InChI is InChI=1S/C23H30O6/c1-11(10-16-20-22(6,29-20)15(5)26-16)9-12(2)18-23(7,28-18)19-13(3)17(25-8)14(4)21(24)27-19/h9-10,15-16,18,20H,1-8H3/b11-10+,12-9+/t15-,16+,18+,20?,22-,23-/m1/s1. The van der Waals surface area contributed by atoms with Gasteiger partial charge in [0, 0.05) is 5.56 Å². The van der Waals surface area contributed by atoms with E-state index < -0.39 is 11.2 Å². The summed E-state index contributed by atoms with van der Waals surface area (Å²) in [6.07, 6.45) is 4.27. The van der Waals surface area contributed by atoms with Crippen molar-refractivity contribution in [3.05, 3.63) is 50.6 Å². The number of rotatable bonds is 5. The van der Waals surface area contributed by atoms with Gasteiger partial charge in [0.15, 0.2) is 5.60 Å². The zero-order valence-electron chi connectivity index (χ0n) is 18.4. The minimum Gasteiger partial charge on any atom is -0.496 e. The monoisotopic (exact) mass is 402 g/mol. The molecule has 6 atom stereocenters. The second kappa shape index (κ2) is 6.56. The van der Waals surface area contributed by atoms with Crippen molar-refractivity contribution in [2.24, 2.45) is 0 Å². The first-order valence-corrected chi connectivity index (χ1v) is 10.1. The summed E-state index contributed by atoms with van der Waals surface area (Å²) >= 11 is 0. The number of hydrogen-bond acceptors (Lipinski definition) is 6. The van der Waals surface area contributed by atoms with Crippen LogP contribution in [0.15, 0.2) is 32.5 Å². The minimum absolute atomic E-state index is 0.0211. The highest BCUT2D eigenvalue weighted by molar-refractivity contribution is 5.45. The molecule has 0 radical (unpaired) electrons. The molecule has 0 aromatic carbocycles. The van der Waals surface area contributed by atoms with E-state index in [1.807, 2.05) is 20.8 Å². The molecule has 4 heterocycles. The number of ether oxygens (including phenoxy) is 4. The molecular weight excluding hydrogens is 372 g/mol. The summed E-state index contributed by atoms with van der Waals surface area (Å²) in [5.74, 6) is 1.09. The van der Waals surface area contributed by atoms with Crippen LogP contribution in [0.3, 0.4) is 0 Å². The second-order valence-electron chi connectivity index (χ2n) is 8.87. The summed E-state index contributed by atoms with van der Waals surface area (Å²) in [7, 11) is 1.56. The molecule has 3 saturated heterocycles. The summed E-state index contributed by atoms with van der Waals surface area (Å²) in [5, 5.41) is 0. The fraction of sp³-hybridized carbons (Fsp3) is 0.609. The van der Waals surface area contributed by atoms with Crippen molar-refractivity contribution >= 4 is 0 Å². The van der Waals surface area contributed by atoms with Gasteiger partial charge in [0.2, 0.25) is 0 Å². The number of allylic oxidation sites excluding steroid dienone is 2. The molecule has 1 aromatic heterocycles. The molecule has 4 rings (SSSR count).